The van der Waals surface area contributed by atoms with Gasteiger partial charge in [0, 0.05) is 38.1 Å². The summed E-state index contributed by atoms with van der Waals surface area (Å²) < 4.78 is 10.9. The molecule has 0 aromatic carbocycles. The van der Waals surface area contributed by atoms with Crippen molar-refractivity contribution in [3.63, 3.8) is 0 Å². The standard InChI is InChI=1S/C13H18N4O2/c14-8-12-13(17-5-4-15-12)16-3-1-6-18-9-11-2-7-19-10-11/h4-5,11H,1-3,6-7,9-10H2,(H,16,17). The van der Waals surface area contributed by atoms with Gasteiger partial charge in [0.25, 0.3) is 0 Å². The van der Waals surface area contributed by atoms with E-state index in [0.29, 0.717) is 30.6 Å². The summed E-state index contributed by atoms with van der Waals surface area (Å²) in [7, 11) is 0. The van der Waals surface area contributed by atoms with Crippen LogP contribution in [-0.2, 0) is 9.47 Å². The third kappa shape index (κ3) is 4.47. The highest BCUT2D eigenvalue weighted by Gasteiger charge is 2.15. The molecule has 0 bridgehead atoms. The lowest BCUT2D eigenvalue weighted by Gasteiger charge is -2.09. The molecule has 1 fully saturated rings. The molecule has 102 valence electrons. The second kappa shape index (κ2) is 7.67. The minimum Gasteiger partial charge on any atom is -0.381 e. The van der Waals surface area contributed by atoms with E-state index < -0.39 is 0 Å². The molecule has 1 aromatic rings. The Morgan fingerprint density at radius 1 is 1.47 bits per heavy atom. The first-order valence-electron chi connectivity index (χ1n) is 6.50. The highest BCUT2D eigenvalue weighted by Crippen LogP contribution is 2.12. The fraction of sp³-hybridized carbons (Fsp3) is 0.615. The van der Waals surface area contributed by atoms with E-state index in [4.69, 9.17) is 14.7 Å². The molecule has 1 aromatic heterocycles. The Morgan fingerprint density at radius 3 is 3.16 bits per heavy atom. The van der Waals surface area contributed by atoms with Crippen LogP contribution >= 0.6 is 0 Å². The van der Waals surface area contributed by atoms with Crippen molar-refractivity contribution in [3.8, 4) is 6.07 Å². The molecule has 19 heavy (non-hydrogen) atoms. The summed E-state index contributed by atoms with van der Waals surface area (Å²) in [6.45, 7) is 3.87. The van der Waals surface area contributed by atoms with Gasteiger partial charge in [-0.2, -0.15) is 5.26 Å². The molecular formula is C13H18N4O2. The van der Waals surface area contributed by atoms with Crippen LogP contribution in [0.5, 0.6) is 0 Å². The average molecular weight is 262 g/mol. The number of nitrogens with one attached hydrogen (secondary N) is 1. The second-order valence-corrected chi connectivity index (χ2v) is 4.45. The van der Waals surface area contributed by atoms with Gasteiger partial charge in [-0.25, -0.2) is 9.97 Å². The van der Waals surface area contributed by atoms with Gasteiger partial charge in [0.15, 0.2) is 11.5 Å². The fourth-order valence-corrected chi connectivity index (χ4v) is 1.90. The minimum atomic E-state index is 0.325. The van der Waals surface area contributed by atoms with E-state index in [-0.39, 0.29) is 0 Å². The molecule has 0 spiro atoms. The number of nitriles is 1. The zero-order chi connectivity index (χ0) is 13.3. The quantitative estimate of drug-likeness (QED) is 0.744. The number of hydrogen-bond donors (Lipinski definition) is 1. The molecule has 0 saturated carbocycles. The van der Waals surface area contributed by atoms with Crippen molar-refractivity contribution in [3.05, 3.63) is 18.1 Å². The van der Waals surface area contributed by atoms with Gasteiger partial charge in [-0.15, -0.1) is 0 Å². The minimum absolute atomic E-state index is 0.325. The summed E-state index contributed by atoms with van der Waals surface area (Å²) in [5, 5.41) is 11.9. The highest BCUT2D eigenvalue weighted by molar-refractivity contribution is 5.46. The van der Waals surface area contributed by atoms with Crippen LogP contribution in [0.1, 0.15) is 18.5 Å². The van der Waals surface area contributed by atoms with Crippen LogP contribution in [-0.4, -0.2) is 42.9 Å². The Balaban J connectivity index is 1.57. The van der Waals surface area contributed by atoms with Gasteiger partial charge in [-0.1, -0.05) is 0 Å². The summed E-state index contributed by atoms with van der Waals surface area (Å²) >= 11 is 0. The molecule has 6 heteroatoms. The van der Waals surface area contributed by atoms with Crippen LogP contribution in [0.3, 0.4) is 0 Å². The Labute approximate surface area is 112 Å². The first-order chi connectivity index (χ1) is 9.40. The van der Waals surface area contributed by atoms with E-state index in [1.165, 1.54) is 6.20 Å². The zero-order valence-electron chi connectivity index (χ0n) is 10.8. The molecule has 0 aliphatic carbocycles. The molecule has 0 amide bonds. The summed E-state index contributed by atoms with van der Waals surface area (Å²) in [5.74, 6) is 1.09. The lowest BCUT2D eigenvalue weighted by atomic mass is 10.1. The number of anilines is 1. The number of rotatable bonds is 7. The molecule has 1 saturated heterocycles. The SMILES string of the molecule is N#Cc1nccnc1NCCCOCC1CCOC1. The van der Waals surface area contributed by atoms with Crippen LogP contribution in [0.15, 0.2) is 12.4 Å². The average Bonchev–Trinajstić information content (AvgIpc) is 2.96. The zero-order valence-corrected chi connectivity index (χ0v) is 10.8. The molecule has 2 rings (SSSR count). The lowest BCUT2D eigenvalue weighted by Crippen LogP contribution is -2.13. The topological polar surface area (TPSA) is 80.1 Å². The molecule has 1 atom stereocenters. The van der Waals surface area contributed by atoms with Crippen LogP contribution in [0.4, 0.5) is 5.82 Å². The summed E-state index contributed by atoms with van der Waals surface area (Å²) in [6, 6.07) is 2.00. The monoisotopic (exact) mass is 262 g/mol. The Hall–Kier alpha value is -1.71. The van der Waals surface area contributed by atoms with Crippen molar-refractivity contribution in [2.45, 2.75) is 12.8 Å². The van der Waals surface area contributed by atoms with Crippen molar-refractivity contribution in [2.75, 3.05) is 38.3 Å². The molecule has 2 heterocycles. The van der Waals surface area contributed by atoms with Gasteiger partial charge in [0.1, 0.15) is 6.07 Å². The van der Waals surface area contributed by atoms with Crippen LogP contribution < -0.4 is 5.32 Å². The number of ether oxygens (including phenoxy) is 2. The smallest absolute Gasteiger partial charge is 0.182 e. The third-order valence-electron chi connectivity index (χ3n) is 2.94. The number of aromatic nitrogens is 2. The van der Waals surface area contributed by atoms with E-state index in [9.17, 15) is 0 Å². The van der Waals surface area contributed by atoms with Gasteiger partial charge in [0.05, 0.1) is 13.2 Å². The van der Waals surface area contributed by atoms with E-state index in [0.717, 1.165) is 32.7 Å². The van der Waals surface area contributed by atoms with E-state index in [1.54, 1.807) is 6.20 Å². The first-order valence-corrected chi connectivity index (χ1v) is 6.50. The van der Waals surface area contributed by atoms with Crippen molar-refractivity contribution in [2.24, 2.45) is 5.92 Å². The van der Waals surface area contributed by atoms with E-state index in [1.807, 2.05) is 6.07 Å². The normalized spacial score (nSPS) is 18.2. The maximum Gasteiger partial charge on any atom is 0.182 e. The fourth-order valence-electron chi connectivity index (χ4n) is 1.90. The van der Waals surface area contributed by atoms with Gasteiger partial charge in [0.2, 0.25) is 0 Å². The molecular weight excluding hydrogens is 244 g/mol. The van der Waals surface area contributed by atoms with Crippen LogP contribution in [0.2, 0.25) is 0 Å². The van der Waals surface area contributed by atoms with E-state index in [2.05, 4.69) is 15.3 Å². The van der Waals surface area contributed by atoms with Crippen molar-refractivity contribution in [1.29, 1.82) is 5.26 Å². The second-order valence-electron chi connectivity index (χ2n) is 4.45. The Morgan fingerprint density at radius 2 is 2.37 bits per heavy atom. The number of nitrogens with zero attached hydrogens (tertiary/aromatic N) is 3. The van der Waals surface area contributed by atoms with Gasteiger partial charge in [-0.05, 0) is 12.8 Å². The summed E-state index contributed by atoms with van der Waals surface area (Å²) in [5.41, 5.74) is 0.325. The predicted octanol–water partition coefficient (Wildman–Crippen LogP) is 1.20. The van der Waals surface area contributed by atoms with Gasteiger partial charge < -0.3 is 14.8 Å². The largest absolute Gasteiger partial charge is 0.381 e. The maximum absolute atomic E-state index is 8.85. The summed E-state index contributed by atoms with van der Waals surface area (Å²) in [6.07, 6.45) is 5.05. The predicted molar refractivity (Wildman–Crippen MR) is 69.6 cm³/mol. The molecule has 1 aliphatic rings. The molecule has 1 aliphatic heterocycles. The summed E-state index contributed by atoms with van der Waals surface area (Å²) in [4.78, 5) is 8.01. The van der Waals surface area contributed by atoms with Gasteiger partial charge >= 0.3 is 0 Å². The lowest BCUT2D eigenvalue weighted by molar-refractivity contribution is 0.0897. The Kier molecular flexibility index (Phi) is 5.53. The van der Waals surface area contributed by atoms with Crippen molar-refractivity contribution < 1.29 is 9.47 Å². The van der Waals surface area contributed by atoms with E-state index >= 15 is 0 Å². The number of hydrogen-bond acceptors (Lipinski definition) is 6. The van der Waals surface area contributed by atoms with Crippen molar-refractivity contribution >= 4 is 5.82 Å². The molecule has 1 N–H and O–H groups in total. The molecule has 6 nitrogen and oxygen atoms in total. The molecule has 1 unspecified atom stereocenters. The Bertz CT molecular complexity index is 427. The highest BCUT2D eigenvalue weighted by atomic mass is 16.5. The molecule has 0 radical (unpaired) electrons. The van der Waals surface area contributed by atoms with Crippen LogP contribution in [0, 0.1) is 17.2 Å². The van der Waals surface area contributed by atoms with Crippen molar-refractivity contribution in [1.82, 2.24) is 9.97 Å². The maximum atomic E-state index is 8.85. The van der Waals surface area contributed by atoms with Crippen LogP contribution in [0.25, 0.3) is 0 Å². The van der Waals surface area contributed by atoms with Gasteiger partial charge in [-0.3, -0.25) is 0 Å². The third-order valence-corrected chi connectivity index (χ3v) is 2.94. The first kappa shape index (κ1) is 13.7.